The molecule has 2 heterocycles. The Morgan fingerprint density at radius 3 is 3.11 bits per heavy atom. The second-order valence-electron chi connectivity index (χ2n) is 6.28. The molecule has 6 nitrogen and oxygen atoms in total. The highest BCUT2D eigenvalue weighted by molar-refractivity contribution is 5.76. The summed E-state index contributed by atoms with van der Waals surface area (Å²) in [5.41, 5.74) is 0.287. The molecule has 0 spiro atoms. The normalized spacial score (nSPS) is 39.0. The van der Waals surface area contributed by atoms with Crippen molar-refractivity contribution < 1.29 is 4.79 Å². The van der Waals surface area contributed by atoms with Crippen LogP contribution in [0.4, 0.5) is 0 Å². The van der Waals surface area contributed by atoms with E-state index in [1.54, 1.807) is 0 Å². The number of carbonyl (C=O) groups is 1. The van der Waals surface area contributed by atoms with Crippen LogP contribution in [0.15, 0.2) is 18.5 Å². The number of aromatic nitrogens is 4. The van der Waals surface area contributed by atoms with E-state index in [0.29, 0.717) is 17.8 Å². The van der Waals surface area contributed by atoms with E-state index in [0.717, 1.165) is 13.1 Å². The molecule has 1 saturated carbocycles. The quantitative estimate of drug-likeness (QED) is 0.719. The molecule has 1 aliphatic heterocycles. The number of fused-ring (bicyclic) bond motifs is 5. The van der Waals surface area contributed by atoms with Crippen LogP contribution in [0, 0.1) is 23.2 Å². The van der Waals surface area contributed by atoms with Crippen molar-refractivity contribution in [2.75, 3.05) is 13.1 Å². The zero-order chi connectivity index (χ0) is 13.0. The summed E-state index contributed by atoms with van der Waals surface area (Å²) in [6.45, 7) is 4.36. The summed E-state index contributed by atoms with van der Waals surface area (Å²) in [6, 6.07) is 0. The zero-order valence-electron chi connectivity index (χ0n) is 10.9. The summed E-state index contributed by atoms with van der Waals surface area (Å²) in [5.74, 6) is 2.11. The first-order chi connectivity index (χ1) is 9.17. The summed E-state index contributed by atoms with van der Waals surface area (Å²) in [4.78, 5) is 14.3. The van der Waals surface area contributed by atoms with Gasteiger partial charge in [0.1, 0.15) is 12.9 Å². The Hall–Kier alpha value is -1.72. The Kier molecular flexibility index (Phi) is 2.14. The highest BCUT2D eigenvalue weighted by atomic mass is 16.2. The second kappa shape index (κ2) is 3.65. The third-order valence-electron chi connectivity index (χ3n) is 5.32. The highest BCUT2D eigenvalue weighted by Crippen LogP contribution is 2.59. The van der Waals surface area contributed by atoms with E-state index >= 15 is 0 Å². The molecule has 100 valence electrons. The summed E-state index contributed by atoms with van der Waals surface area (Å²) < 4.78 is 1.49. The van der Waals surface area contributed by atoms with Gasteiger partial charge in [0.2, 0.25) is 5.91 Å². The van der Waals surface area contributed by atoms with E-state index in [9.17, 15) is 4.79 Å². The minimum atomic E-state index is 0.127. The van der Waals surface area contributed by atoms with Crippen LogP contribution in [-0.4, -0.2) is 44.1 Å². The molecule has 4 rings (SSSR count). The molecular formula is C13H17N5O. The van der Waals surface area contributed by atoms with E-state index in [-0.39, 0.29) is 17.9 Å². The second-order valence-corrected chi connectivity index (χ2v) is 6.28. The van der Waals surface area contributed by atoms with Gasteiger partial charge >= 0.3 is 0 Å². The number of amides is 1. The van der Waals surface area contributed by atoms with Crippen LogP contribution in [0.2, 0.25) is 0 Å². The number of tetrazole rings is 1. The molecular weight excluding hydrogens is 242 g/mol. The SMILES string of the molecule is C[C@@]12CN(C(=O)Cn3cnnn3)C[C@@H]1[C@@H]1C=C[C@H]2C1. The lowest BCUT2D eigenvalue weighted by Gasteiger charge is -2.31. The van der Waals surface area contributed by atoms with Gasteiger partial charge in [-0.3, -0.25) is 4.79 Å². The molecule has 0 unspecified atom stereocenters. The Labute approximate surface area is 111 Å². The first-order valence-corrected chi connectivity index (χ1v) is 6.84. The first kappa shape index (κ1) is 11.1. The van der Waals surface area contributed by atoms with Crippen LogP contribution in [0.5, 0.6) is 0 Å². The Morgan fingerprint density at radius 2 is 2.37 bits per heavy atom. The van der Waals surface area contributed by atoms with Gasteiger partial charge in [-0.25, -0.2) is 4.68 Å². The average molecular weight is 259 g/mol. The van der Waals surface area contributed by atoms with E-state index in [1.807, 2.05) is 4.90 Å². The molecule has 3 aliphatic rings. The van der Waals surface area contributed by atoms with Gasteiger partial charge in [-0.05, 0) is 40.0 Å². The van der Waals surface area contributed by atoms with E-state index < -0.39 is 0 Å². The van der Waals surface area contributed by atoms with Gasteiger partial charge in [-0.2, -0.15) is 0 Å². The maximum atomic E-state index is 12.3. The lowest BCUT2D eigenvalue weighted by atomic mass is 9.72. The van der Waals surface area contributed by atoms with Crippen molar-refractivity contribution in [3.05, 3.63) is 18.5 Å². The molecule has 1 aromatic rings. The summed E-state index contributed by atoms with van der Waals surface area (Å²) in [6.07, 6.45) is 7.49. The lowest BCUT2D eigenvalue weighted by molar-refractivity contribution is -0.131. The van der Waals surface area contributed by atoms with Gasteiger partial charge in [-0.1, -0.05) is 19.1 Å². The van der Waals surface area contributed by atoms with Crippen LogP contribution in [0.1, 0.15) is 13.3 Å². The fourth-order valence-electron chi connectivity index (χ4n) is 4.25. The van der Waals surface area contributed by atoms with Crippen molar-refractivity contribution in [3.63, 3.8) is 0 Å². The minimum Gasteiger partial charge on any atom is -0.340 e. The van der Waals surface area contributed by atoms with Gasteiger partial charge in [-0.15, -0.1) is 5.10 Å². The maximum Gasteiger partial charge on any atom is 0.244 e. The zero-order valence-corrected chi connectivity index (χ0v) is 10.9. The number of carbonyl (C=O) groups excluding carboxylic acids is 1. The first-order valence-electron chi connectivity index (χ1n) is 6.84. The van der Waals surface area contributed by atoms with Gasteiger partial charge < -0.3 is 4.90 Å². The monoisotopic (exact) mass is 259 g/mol. The summed E-state index contributed by atoms with van der Waals surface area (Å²) in [7, 11) is 0. The molecule has 19 heavy (non-hydrogen) atoms. The number of hydrogen-bond acceptors (Lipinski definition) is 4. The van der Waals surface area contributed by atoms with Crippen molar-refractivity contribution in [2.24, 2.45) is 23.2 Å². The largest absolute Gasteiger partial charge is 0.340 e. The van der Waals surface area contributed by atoms with Crippen molar-refractivity contribution in [2.45, 2.75) is 19.9 Å². The smallest absolute Gasteiger partial charge is 0.244 e. The van der Waals surface area contributed by atoms with Crippen molar-refractivity contribution in [1.82, 2.24) is 25.1 Å². The number of nitrogens with zero attached hydrogens (tertiary/aromatic N) is 5. The van der Waals surface area contributed by atoms with Gasteiger partial charge in [0.25, 0.3) is 0 Å². The van der Waals surface area contributed by atoms with Crippen molar-refractivity contribution in [1.29, 1.82) is 0 Å². The predicted octanol–water partition coefficient (Wildman–Crippen LogP) is 0.344. The van der Waals surface area contributed by atoms with Crippen LogP contribution >= 0.6 is 0 Å². The molecule has 1 aromatic heterocycles. The van der Waals surface area contributed by atoms with Crippen LogP contribution in [0.3, 0.4) is 0 Å². The van der Waals surface area contributed by atoms with E-state index in [1.165, 1.54) is 17.4 Å². The topological polar surface area (TPSA) is 63.9 Å². The Balaban J connectivity index is 1.50. The third kappa shape index (κ3) is 1.49. The van der Waals surface area contributed by atoms with Gasteiger partial charge in [0, 0.05) is 13.1 Å². The molecule has 0 aromatic carbocycles. The Bertz CT molecular complexity index is 539. The molecule has 1 amide bonds. The van der Waals surface area contributed by atoms with Gasteiger partial charge in [0.15, 0.2) is 0 Å². The van der Waals surface area contributed by atoms with Crippen molar-refractivity contribution in [3.8, 4) is 0 Å². The minimum absolute atomic E-state index is 0.127. The predicted molar refractivity (Wildman–Crippen MR) is 66.7 cm³/mol. The molecule has 2 aliphatic carbocycles. The standard InChI is InChI=1S/C13H17N5O/c1-13-7-17(12(19)6-18-8-14-15-16-18)5-11(13)9-2-3-10(13)4-9/h2-3,8-11H,4-7H2,1H3/t9-,10+,11-,13+/m1/s1. The number of likely N-dealkylation sites (tertiary alicyclic amines) is 1. The fraction of sp³-hybridized carbons (Fsp3) is 0.692. The summed E-state index contributed by atoms with van der Waals surface area (Å²) >= 11 is 0. The van der Waals surface area contributed by atoms with E-state index in [2.05, 4.69) is 34.6 Å². The molecule has 1 saturated heterocycles. The summed E-state index contributed by atoms with van der Waals surface area (Å²) in [5, 5.41) is 10.9. The molecule has 4 atom stereocenters. The number of hydrogen-bond donors (Lipinski definition) is 0. The number of rotatable bonds is 2. The molecule has 6 heteroatoms. The fourth-order valence-corrected chi connectivity index (χ4v) is 4.25. The van der Waals surface area contributed by atoms with Crippen LogP contribution < -0.4 is 0 Å². The van der Waals surface area contributed by atoms with Crippen LogP contribution in [-0.2, 0) is 11.3 Å². The number of allylic oxidation sites excluding steroid dienone is 2. The van der Waals surface area contributed by atoms with Crippen molar-refractivity contribution >= 4 is 5.91 Å². The average Bonchev–Trinajstić information content (AvgIpc) is 3.08. The third-order valence-corrected chi connectivity index (χ3v) is 5.32. The van der Waals surface area contributed by atoms with Gasteiger partial charge in [0.05, 0.1) is 0 Å². The van der Waals surface area contributed by atoms with E-state index in [4.69, 9.17) is 0 Å². The highest BCUT2D eigenvalue weighted by Gasteiger charge is 2.57. The van der Waals surface area contributed by atoms with Crippen LogP contribution in [0.25, 0.3) is 0 Å². The maximum absolute atomic E-state index is 12.3. The Morgan fingerprint density at radius 1 is 1.47 bits per heavy atom. The lowest BCUT2D eigenvalue weighted by Crippen LogP contribution is -2.35. The molecule has 0 N–H and O–H groups in total. The molecule has 0 radical (unpaired) electrons. The molecule has 2 bridgehead atoms. The molecule has 2 fully saturated rings.